The Morgan fingerprint density at radius 2 is 2.09 bits per heavy atom. The van der Waals surface area contributed by atoms with Gasteiger partial charge in [-0.2, -0.15) is 0 Å². The van der Waals surface area contributed by atoms with E-state index in [9.17, 15) is 9.18 Å². The fraction of sp³-hybridized carbons (Fsp3) is 0.176. The predicted octanol–water partition coefficient (Wildman–Crippen LogP) is 3.27. The maximum atomic E-state index is 13.1. The van der Waals surface area contributed by atoms with Crippen LogP contribution in [0.1, 0.15) is 17.0 Å². The van der Waals surface area contributed by atoms with E-state index in [1.165, 1.54) is 12.1 Å². The molecule has 2 heterocycles. The van der Waals surface area contributed by atoms with Crippen LogP contribution in [0, 0.1) is 19.7 Å². The first-order valence-corrected chi connectivity index (χ1v) is 7.03. The van der Waals surface area contributed by atoms with E-state index in [-0.39, 0.29) is 18.1 Å². The summed E-state index contributed by atoms with van der Waals surface area (Å²) in [5, 5.41) is 2.71. The van der Waals surface area contributed by atoms with Crippen molar-refractivity contribution in [2.75, 3.05) is 5.32 Å². The maximum Gasteiger partial charge on any atom is 0.230 e. The molecule has 0 saturated heterocycles. The van der Waals surface area contributed by atoms with Gasteiger partial charge >= 0.3 is 0 Å². The minimum Gasteiger partial charge on any atom is -0.326 e. The number of carbonyl (C=O) groups excluding carboxylic acids is 1. The molecule has 0 saturated carbocycles. The third kappa shape index (κ3) is 2.70. The van der Waals surface area contributed by atoms with Gasteiger partial charge in [0.25, 0.3) is 0 Å². The Morgan fingerprint density at radius 3 is 2.86 bits per heavy atom. The number of benzene rings is 1. The second kappa shape index (κ2) is 5.60. The van der Waals surface area contributed by atoms with Crippen LogP contribution in [-0.2, 0) is 11.2 Å². The van der Waals surface area contributed by atoms with Gasteiger partial charge in [0.2, 0.25) is 5.91 Å². The van der Waals surface area contributed by atoms with Crippen molar-refractivity contribution in [1.82, 2.24) is 9.38 Å². The van der Waals surface area contributed by atoms with Gasteiger partial charge in [0.05, 0.1) is 17.8 Å². The first-order chi connectivity index (χ1) is 10.5. The summed E-state index contributed by atoms with van der Waals surface area (Å²) in [6, 6.07) is 9.77. The van der Waals surface area contributed by atoms with Crippen molar-refractivity contribution in [2.45, 2.75) is 20.3 Å². The summed E-state index contributed by atoms with van der Waals surface area (Å²) in [4.78, 5) is 16.7. The van der Waals surface area contributed by atoms with Gasteiger partial charge in [0.15, 0.2) is 0 Å². The van der Waals surface area contributed by atoms with E-state index >= 15 is 0 Å². The highest BCUT2D eigenvalue weighted by Crippen LogP contribution is 2.17. The lowest BCUT2D eigenvalue weighted by Gasteiger charge is -2.06. The number of carbonyl (C=O) groups is 1. The lowest BCUT2D eigenvalue weighted by atomic mass is 10.2. The van der Waals surface area contributed by atoms with Crippen molar-refractivity contribution in [2.24, 2.45) is 0 Å². The van der Waals surface area contributed by atoms with Gasteiger partial charge in [-0.25, -0.2) is 9.37 Å². The molecule has 22 heavy (non-hydrogen) atoms. The molecule has 1 amide bonds. The number of fused-ring (bicyclic) bond motifs is 1. The van der Waals surface area contributed by atoms with Crippen molar-refractivity contribution in [3.8, 4) is 0 Å². The van der Waals surface area contributed by atoms with Crippen LogP contribution in [0.25, 0.3) is 5.65 Å². The Kier molecular flexibility index (Phi) is 3.63. The van der Waals surface area contributed by atoms with Crippen LogP contribution < -0.4 is 5.32 Å². The molecule has 3 aromatic rings. The molecule has 0 unspecified atom stereocenters. The van der Waals surface area contributed by atoms with Crippen molar-refractivity contribution in [1.29, 1.82) is 0 Å². The summed E-state index contributed by atoms with van der Waals surface area (Å²) >= 11 is 0. The topological polar surface area (TPSA) is 46.4 Å². The Morgan fingerprint density at radius 1 is 1.27 bits per heavy atom. The zero-order chi connectivity index (χ0) is 15.7. The molecule has 0 aliphatic heterocycles. The van der Waals surface area contributed by atoms with Crippen molar-refractivity contribution < 1.29 is 9.18 Å². The monoisotopic (exact) mass is 297 g/mol. The lowest BCUT2D eigenvalue weighted by molar-refractivity contribution is -0.115. The van der Waals surface area contributed by atoms with Crippen LogP contribution in [0.2, 0.25) is 0 Å². The van der Waals surface area contributed by atoms with Crippen LogP contribution in [0.5, 0.6) is 0 Å². The number of aryl methyl sites for hydroxylation is 2. The Hall–Kier alpha value is -2.69. The third-order valence-corrected chi connectivity index (χ3v) is 3.58. The van der Waals surface area contributed by atoms with E-state index in [1.807, 2.05) is 36.6 Å². The van der Waals surface area contributed by atoms with E-state index in [2.05, 4.69) is 10.3 Å². The number of amides is 1. The summed E-state index contributed by atoms with van der Waals surface area (Å²) in [5.41, 5.74) is 4.03. The molecule has 0 aliphatic rings. The lowest BCUT2D eigenvalue weighted by Crippen LogP contribution is -2.16. The average molecular weight is 297 g/mol. The van der Waals surface area contributed by atoms with Crippen LogP contribution in [0.4, 0.5) is 10.1 Å². The van der Waals surface area contributed by atoms with Gasteiger partial charge in [-0.15, -0.1) is 0 Å². The van der Waals surface area contributed by atoms with E-state index in [4.69, 9.17) is 0 Å². The van der Waals surface area contributed by atoms with Crippen LogP contribution >= 0.6 is 0 Å². The Labute approximate surface area is 127 Å². The number of nitrogens with one attached hydrogen (secondary N) is 1. The number of halogens is 1. The van der Waals surface area contributed by atoms with E-state index in [0.29, 0.717) is 5.69 Å². The number of nitrogens with zero attached hydrogens (tertiary/aromatic N) is 2. The van der Waals surface area contributed by atoms with Gasteiger partial charge in [-0.05, 0) is 43.7 Å². The van der Waals surface area contributed by atoms with Gasteiger partial charge in [-0.3, -0.25) is 4.79 Å². The molecule has 1 aromatic carbocycles. The number of rotatable bonds is 3. The quantitative estimate of drug-likeness (QED) is 0.806. The second-order valence-corrected chi connectivity index (χ2v) is 5.26. The average Bonchev–Trinajstić information content (AvgIpc) is 2.77. The zero-order valence-corrected chi connectivity index (χ0v) is 12.4. The highest BCUT2D eigenvalue weighted by Gasteiger charge is 2.14. The van der Waals surface area contributed by atoms with E-state index in [0.717, 1.165) is 22.6 Å². The molecule has 0 bridgehead atoms. The number of pyridine rings is 1. The zero-order valence-electron chi connectivity index (χ0n) is 12.4. The number of imidazole rings is 1. The normalized spacial score (nSPS) is 10.9. The fourth-order valence-electron chi connectivity index (χ4n) is 2.50. The van der Waals surface area contributed by atoms with Crippen molar-refractivity contribution in [3.63, 3.8) is 0 Å². The second-order valence-electron chi connectivity index (χ2n) is 5.26. The third-order valence-electron chi connectivity index (χ3n) is 3.58. The summed E-state index contributed by atoms with van der Waals surface area (Å²) in [7, 11) is 0. The molecule has 0 atom stereocenters. The van der Waals surface area contributed by atoms with Crippen LogP contribution in [-0.4, -0.2) is 15.3 Å². The molecule has 2 aromatic heterocycles. The molecule has 4 nitrogen and oxygen atoms in total. The molecule has 1 N–H and O–H groups in total. The fourth-order valence-corrected chi connectivity index (χ4v) is 2.50. The van der Waals surface area contributed by atoms with E-state index < -0.39 is 0 Å². The number of hydrogen-bond acceptors (Lipinski definition) is 2. The molecule has 0 aliphatic carbocycles. The molecular weight excluding hydrogens is 281 g/mol. The smallest absolute Gasteiger partial charge is 0.230 e. The van der Waals surface area contributed by atoms with Gasteiger partial charge in [0.1, 0.15) is 11.5 Å². The maximum absolute atomic E-state index is 13.1. The van der Waals surface area contributed by atoms with Gasteiger partial charge in [0, 0.05) is 11.9 Å². The van der Waals surface area contributed by atoms with Crippen LogP contribution in [0.15, 0.2) is 42.6 Å². The number of hydrogen-bond donors (Lipinski definition) is 1. The Balaban J connectivity index is 1.85. The molecule has 0 spiro atoms. The Bertz CT molecular complexity index is 854. The molecule has 0 radical (unpaired) electrons. The first kappa shape index (κ1) is 14.3. The van der Waals surface area contributed by atoms with Crippen LogP contribution in [0.3, 0.4) is 0 Å². The molecular formula is C17H16FN3O. The SMILES string of the molecule is Cc1nc2c(C)cccn2c1CC(=O)Nc1cccc(F)c1. The number of aromatic nitrogens is 2. The molecule has 112 valence electrons. The number of anilines is 1. The highest BCUT2D eigenvalue weighted by molar-refractivity contribution is 5.92. The summed E-state index contributed by atoms with van der Waals surface area (Å²) < 4.78 is 15.1. The highest BCUT2D eigenvalue weighted by atomic mass is 19.1. The molecule has 5 heteroatoms. The summed E-state index contributed by atoms with van der Waals surface area (Å²) in [6.07, 6.45) is 2.08. The predicted molar refractivity (Wildman–Crippen MR) is 83.4 cm³/mol. The first-order valence-electron chi connectivity index (χ1n) is 7.03. The standard InChI is InChI=1S/C17H16FN3O/c1-11-5-4-8-21-15(12(2)19-17(11)21)10-16(22)20-14-7-3-6-13(18)9-14/h3-9H,10H2,1-2H3,(H,20,22). The molecule has 3 rings (SSSR count). The van der Waals surface area contributed by atoms with Crippen molar-refractivity contribution >= 4 is 17.2 Å². The van der Waals surface area contributed by atoms with E-state index in [1.54, 1.807) is 12.1 Å². The largest absolute Gasteiger partial charge is 0.326 e. The minimum absolute atomic E-state index is 0.187. The summed E-state index contributed by atoms with van der Waals surface area (Å²) in [6.45, 7) is 3.87. The van der Waals surface area contributed by atoms with Gasteiger partial charge in [-0.1, -0.05) is 12.1 Å². The van der Waals surface area contributed by atoms with Gasteiger partial charge < -0.3 is 9.72 Å². The van der Waals surface area contributed by atoms with Crippen molar-refractivity contribution in [3.05, 3.63) is 65.4 Å². The minimum atomic E-state index is -0.376. The molecule has 0 fully saturated rings. The summed E-state index contributed by atoms with van der Waals surface area (Å²) in [5.74, 6) is -0.573.